The third-order valence-corrected chi connectivity index (χ3v) is 5.42. The Labute approximate surface area is 184 Å². The molecule has 0 aliphatic carbocycles. The molecule has 7 heteroatoms. The van der Waals surface area contributed by atoms with Gasteiger partial charge in [-0.15, -0.1) is 0 Å². The van der Waals surface area contributed by atoms with Crippen LogP contribution in [0.3, 0.4) is 0 Å². The molecule has 1 aliphatic heterocycles. The topological polar surface area (TPSA) is 68.5 Å². The zero-order valence-corrected chi connectivity index (χ0v) is 17.1. The zero-order chi connectivity index (χ0) is 21.9. The standard InChI is InChI=1S/C25H20FN3O3/c26-21-8-4-5-9-22(21)29-15-19(14-23(29)30)25-27-24(28-32-25)18-10-12-20(13-11-18)31-16-17-6-2-1-3-7-17/h1-13,19H,14-16H2. The molecule has 0 saturated carbocycles. The molecule has 32 heavy (non-hydrogen) atoms. The normalized spacial score (nSPS) is 15.8. The van der Waals surface area contributed by atoms with Crippen LogP contribution in [0.5, 0.6) is 5.75 Å². The molecule has 1 aromatic heterocycles. The molecule has 1 saturated heterocycles. The first-order chi connectivity index (χ1) is 15.7. The maximum Gasteiger partial charge on any atom is 0.232 e. The summed E-state index contributed by atoms with van der Waals surface area (Å²) in [6.07, 6.45) is 0.197. The highest BCUT2D eigenvalue weighted by atomic mass is 19.1. The molecule has 1 unspecified atom stereocenters. The summed E-state index contributed by atoms with van der Waals surface area (Å²) in [7, 11) is 0. The Morgan fingerprint density at radius 3 is 2.53 bits per heavy atom. The number of hydrogen-bond donors (Lipinski definition) is 0. The fourth-order valence-electron chi connectivity index (χ4n) is 3.74. The zero-order valence-electron chi connectivity index (χ0n) is 17.1. The van der Waals surface area contributed by atoms with Crippen molar-refractivity contribution in [3.05, 3.63) is 96.1 Å². The molecule has 0 spiro atoms. The van der Waals surface area contributed by atoms with E-state index in [0.717, 1.165) is 16.9 Å². The number of carbonyl (C=O) groups is 1. The average Bonchev–Trinajstić information content (AvgIpc) is 3.46. The van der Waals surface area contributed by atoms with Gasteiger partial charge >= 0.3 is 0 Å². The molecule has 0 N–H and O–H groups in total. The Hall–Kier alpha value is -4.00. The van der Waals surface area contributed by atoms with Gasteiger partial charge in [-0.3, -0.25) is 4.79 Å². The summed E-state index contributed by atoms with van der Waals surface area (Å²) < 4.78 is 25.3. The van der Waals surface area contributed by atoms with Gasteiger partial charge in [-0.2, -0.15) is 4.98 Å². The minimum Gasteiger partial charge on any atom is -0.489 e. The molecule has 160 valence electrons. The third kappa shape index (κ3) is 4.09. The van der Waals surface area contributed by atoms with Gasteiger partial charge in [-0.25, -0.2) is 4.39 Å². The summed E-state index contributed by atoms with van der Waals surface area (Å²) in [6, 6.07) is 23.6. The maximum atomic E-state index is 14.1. The Balaban J connectivity index is 1.26. The molecule has 4 aromatic rings. The van der Waals surface area contributed by atoms with Gasteiger partial charge in [0.05, 0.1) is 11.6 Å². The minimum atomic E-state index is -0.428. The van der Waals surface area contributed by atoms with Gasteiger partial charge in [-0.05, 0) is 42.0 Å². The Morgan fingerprint density at radius 1 is 1.00 bits per heavy atom. The number of ether oxygens (including phenoxy) is 1. The van der Waals surface area contributed by atoms with Crippen molar-refractivity contribution >= 4 is 11.6 Å². The van der Waals surface area contributed by atoms with Crippen molar-refractivity contribution in [3.63, 3.8) is 0 Å². The van der Waals surface area contributed by atoms with Crippen LogP contribution >= 0.6 is 0 Å². The van der Waals surface area contributed by atoms with Gasteiger partial charge in [0.1, 0.15) is 18.2 Å². The first kappa shape index (κ1) is 19.9. The quantitative estimate of drug-likeness (QED) is 0.433. The van der Waals surface area contributed by atoms with Crippen molar-refractivity contribution in [2.24, 2.45) is 0 Å². The van der Waals surface area contributed by atoms with E-state index in [-0.39, 0.29) is 23.9 Å². The lowest BCUT2D eigenvalue weighted by atomic mass is 10.1. The van der Waals surface area contributed by atoms with Crippen molar-refractivity contribution in [1.82, 2.24) is 10.1 Å². The van der Waals surface area contributed by atoms with Gasteiger partial charge in [0, 0.05) is 18.5 Å². The number of para-hydroxylation sites is 1. The number of aromatic nitrogens is 2. The highest BCUT2D eigenvalue weighted by Gasteiger charge is 2.36. The Kier molecular flexibility index (Phi) is 5.37. The van der Waals surface area contributed by atoms with E-state index < -0.39 is 5.82 Å². The van der Waals surface area contributed by atoms with Crippen molar-refractivity contribution in [2.45, 2.75) is 18.9 Å². The monoisotopic (exact) mass is 429 g/mol. The molecule has 6 nitrogen and oxygen atoms in total. The van der Waals surface area contributed by atoms with Crippen LogP contribution in [0.4, 0.5) is 10.1 Å². The minimum absolute atomic E-state index is 0.167. The molecule has 0 bridgehead atoms. The predicted molar refractivity (Wildman–Crippen MR) is 117 cm³/mol. The number of amides is 1. The molecule has 1 atom stereocenters. The number of anilines is 1. The highest BCUT2D eigenvalue weighted by Crippen LogP contribution is 2.33. The summed E-state index contributed by atoms with van der Waals surface area (Å²) >= 11 is 0. The number of halogens is 1. The number of rotatable bonds is 6. The van der Waals surface area contributed by atoms with Crippen LogP contribution in [0.15, 0.2) is 83.4 Å². The molecule has 1 fully saturated rings. The van der Waals surface area contributed by atoms with Crippen molar-refractivity contribution in [2.75, 3.05) is 11.4 Å². The van der Waals surface area contributed by atoms with E-state index in [0.29, 0.717) is 24.9 Å². The number of carbonyl (C=O) groups excluding carboxylic acids is 1. The summed E-state index contributed by atoms with van der Waals surface area (Å²) in [4.78, 5) is 18.4. The lowest BCUT2D eigenvalue weighted by Gasteiger charge is -2.16. The van der Waals surface area contributed by atoms with Gasteiger partial charge in [0.2, 0.25) is 17.6 Å². The fraction of sp³-hybridized carbons (Fsp3) is 0.160. The van der Waals surface area contributed by atoms with E-state index >= 15 is 0 Å². The van der Waals surface area contributed by atoms with Crippen LogP contribution in [-0.2, 0) is 11.4 Å². The molecule has 1 amide bonds. The number of nitrogens with zero attached hydrogens (tertiary/aromatic N) is 3. The van der Waals surface area contributed by atoms with E-state index in [2.05, 4.69) is 10.1 Å². The smallest absolute Gasteiger partial charge is 0.232 e. The van der Waals surface area contributed by atoms with Crippen LogP contribution in [0.2, 0.25) is 0 Å². The van der Waals surface area contributed by atoms with Crippen molar-refractivity contribution in [3.8, 4) is 17.1 Å². The number of hydrogen-bond acceptors (Lipinski definition) is 5. The van der Waals surface area contributed by atoms with Gasteiger partial charge in [-0.1, -0.05) is 47.6 Å². The second-order valence-electron chi connectivity index (χ2n) is 7.61. The summed E-state index contributed by atoms with van der Waals surface area (Å²) in [5.74, 6) is 0.671. The van der Waals surface area contributed by atoms with Gasteiger partial charge in [0.25, 0.3) is 0 Å². The molecule has 2 heterocycles. The Bertz CT molecular complexity index is 1220. The first-order valence-corrected chi connectivity index (χ1v) is 10.3. The van der Waals surface area contributed by atoms with Crippen molar-refractivity contribution in [1.29, 1.82) is 0 Å². The van der Waals surface area contributed by atoms with Crippen molar-refractivity contribution < 1.29 is 18.4 Å². The SMILES string of the molecule is O=C1CC(c2nc(-c3ccc(OCc4ccccc4)cc3)no2)CN1c1ccccc1F. The average molecular weight is 429 g/mol. The van der Waals surface area contributed by atoms with E-state index in [1.807, 2.05) is 54.6 Å². The fourth-order valence-corrected chi connectivity index (χ4v) is 3.74. The second kappa shape index (κ2) is 8.63. The lowest BCUT2D eigenvalue weighted by molar-refractivity contribution is -0.117. The molecule has 0 radical (unpaired) electrons. The predicted octanol–water partition coefficient (Wildman–Crippen LogP) is 4.98. The van der Waals surface area contributed by atoms with Crippen LogP contribution in [0, 0.1) is 5.82 Å². The summed E-state index contributed by atoms with van der Waals surface area (Å²) in [6.45, 7) is 0.786. The van der Waals surface area contributed by atoms with E-state index in [1.165, 1.54) is 11.0 Å². The number of benzene rings is 3. The molecule has 3 aromatic carbocycles. The third-order valence-electron chi connectivity index (χ3n) is 5.42. The largest absolute Gasteiger partial charge is 0.489 e. The maximum absolute atomic E-state index is 14.1. The van der Waals surface area contributed by atoms with Crippen LogP contribution in [0.1, 0.15) is 23.8 Å². The summed E-state index contributed by atoms with van der Waals surface area (Å²) in [5.41, 5.74) is 2.14. The Morgan fingerprint density at radius 2 is 1.75 bits per heavy atom. The van der Waals surface area contributed by atoms with Crippen LogP contribution in [0.25, 0.3) is 11.4 Å². The van der Waals surface area contributed by atoms with E-state index in [1.54, 1.807) is 18.2 Å². The van der Waals surface area contributed by atoms with Crippen LogP contribution < -0.4 is 9.64 Å². The van der Waals surface area contributed by atoms with Gasteiger partial charge in [0.15, 0.2) is 0 Å². The second-order valence-corrected chi connectivity index (χ2v) is 7.61. The first-order valence-electron chi connectivity index (χ1n) is 10.3. The molecular weight excluding hydrogens is 409 g/mol. The molecule has 1 aliphatic rings. The molecule has 5 rings (SSSR count). The van der Waals surface area contributed by atoms with E-state index in [4.69, 9.17) is 9.26 Å². The summed E-state index contributed by atoms with van der Waals surface area (Å²) in [5, 5.41) is 4.06. The lowest BCUT2D eigenvalue weighted by Crippen LogP contribution is -2.25. The highest BCUT2D eigenvalue weighted by molar-refractivity contribution is 5.96. The van der Waals surface area contributed by atoms with Gasteiger partial charge < -0.3 is 14.2 Å². The van der Waals surface area contributed by atoms with E-state index in [9.17, 15) is 9.18 Å². The van der Waals surface area contributed by atoms with Crippen LogP contribution in [-0.4, -0.2) is 22.6 Å². The molecular formula is C25H20FN3O3.